The second kappa shape index (κ2) is 5.45. The molecule has 0 radical (unpaired) electrons. The number of rotatable bonds is 5. The highest BCUT2D eigenvalue weighted by atomic mass is 16.5. The third-order valence-corrected chi connectivity index (χ3v) is 3.18. The van der Waals surface area contributed by atoms with Crippen molar-refractivity contribution in [1.82, 2.24) is 10.2 Å². The Morgan fingerprint density at radius 1 is 1.31 bits per heavy atom. The van der Waals surface area contributed by atoms with Crippen LogP contribution >= 0.6 is 0 Å². The fourth-order valence-corrected chi connectivity index (χ4v) is 2.39. The van der Waals surface area contributed by atoms with Crippen LogP contribution in [0.25, 0.3) is 0 Å². The molecular weight excluding hydrogens is 204 g/mol. The average molecular weight is 228 g/mol. The fourth-order valence-electron chi connectivity index (χ4n) is 2.39. The Bertz CT molecular complexity index is 211. The molecule has 16 heavy (non-hydrogen) atoms. The van der Waals surface area contributed by atoms with Gasteiger partial charge in [0.15, 0.2) is 0 Å². The van der Waals surface area contributed by atoms with Gasteiger partial charge in [-0.3, -0.25) is 4.90 Å². The molecule has 4 nitrogen and oxygen atoms in total. The smallest absolute Gasteiger partial charge is 0.0791 e. The molecule has 1 saturated heterocycles. The first-order valence-electron chi connectivity index (χ1n) is 6.42. The summed E-state index contributed by atoms with van der Waals surface area (Å²) in [6, 6.07) is 0.678. The molecule has 2 N–H and O–H groups in total. The van der Waals surface area contributed by atoms with Gasteiger partial charge in [0, 0.05) is 32.2 Å². The molecular formula is C12H24N2O2. The lowest BCUT2D eigenvalue weighted by Gasteiger charge is -2.36. The number of morpholine rings is 1. The maximum Gasteiger partial charge on any atom is 0.0791 e. The number of nitrogens with one attached hydrogen (secondary N) is 1. The SMILES string of the molecule is C[C@H]1CN(C[C@H](O)CNC2CC2)C[C@H](C)O1. The Balaban J connectivity index is 1.66. The van der Waals surface area contributed by atoms with Crippen LogP contribution in [0.2, 0.25) is 0 Å². The monoisotopic (exact) mass is 228 g/mol. The van der Waals surface area contributed by atoms with Crippen molar-refractivity contribution >= 4 is 0 Å². The van der Waals surface area contributed by atoms with Crippen LogP contribution in [0.3, 0.4) is 0 Å². The van der Waals surface area contributed by atoms with Gasteiger partial charge in [0.2, 0.25) is 0 Å². The van der Waals surface area contributed by atoms with Crippen LogP contribution in [-0.2, 0) is 4.74 Å². The van der Waals surface area contributed by atoms with Crippen molar-refractivity contribution in [1.29, 1.82) is 0 Å². The van der Waals surface area contributed by atoms with Gasteiger partial charge in [-0.25, -0.2) is 0 Å². The average Bonchev–Trinajstić information content (AvgIpc) is 2.96. The highest BCUT2D eigenvalue weighted by Gasteiger charge is 2.25. The first-order chi connectivity index (χ1) is 7.63. The predicted molar refractivity (Wildman–Crippen MR) is 63.5 cm³/mol. The summed E-state index contributed by atoms with van der Waals surface area (Å²) >= 11 is 0. The molecule has 0 spiro atoms. The van der Waals surface area contributed by atoms with Crippen LogP contribution in [0.5, 0.6) is 0 Å². The molecule has 0 unspecified atom stereocenters. The molecule has 2 rings (SSSR count). The van der Waals surface area contributed by atoms with Gasteiger partial charge in [-0.1, -0.05) is 0 Å². The topological polar surface area (TPSA) is 44.7 Å². The van der Waals surface area contributed by atoms with E-state index in [2.05, 4.69) is 24.1 Å². The summed E-state index contributed by atoms with van der Waals surface area (Å²) in [5, 5.41) is 13.3. The van der Waals surface area contributed by atoms with Gasteiger partial charge in [-0.15, -0.1) is 0 Å². The van der Waals surface area contributed by atoms with E-state index in [4.69, 9.17) is 4.74 Å². The first kappa shape index (κ1) is 12.3. The molecule has 0 aromatic heterocycles. The van der Waals surface area contributed by atoms with Crippen molar-refractivity contribution in [2.24, 2.45) is 0 Å². The Kier molecular flexibility index (Phi) is 4.19. The summed E-state index contributed by atoms with van der Waals surface area (Å²) in [6.07, 6.45) is 2.87. The molecule has 1 aliphatic heterocycles. The van der Waals surface area contributed by atoms with Gasteiger partial charge in [0.1, 0.15) is 0 Å². The van der Waals surface area contributed by atoms with E-state index in [1.165, 1.54) is 12.8 Å². The van der Waals surface area contributed by atoms with Crippen LogP contribution in [0.4, 0.5) is 0 Å². The Labute approximate surface area is 98.0 Å². The van der Waals surface area contributed by atoms with Gasteiger partial charge < -0.3 is 15.2 Å². The lowest BCUT2D eigenvalue weighted by molar-refractivity contribution is -0.0762. The van der Waals surface area contributed by atoms with Crippen molar-refractivity contribution in [2.75, 3.05) is 26.2 Å². The maximum absolute atomic E-state index is 9.91. The predicted octanol–water partition coefficient (Wildman–Crippen LogP) is 0.209. The van der Waals surface area contributed by atoms with Gasteiger partial charge in [0.05, 0.1) is 18.3 Å². The summed E-state index contributed by atoms with van der Waals surface area (Å²) in [5.41, 5.74) is 0. The number of nitrogens with zero attached hydrogens (tertiary/aromatic N) is 1. The maximum atomic E-state index is 9.91. The fraction of sp³-hybridized carbons (Fsp3) is 1.00. The van der Waals surface area contributed by atoms with Gasteiger partial charge >= 0.3 is 0 Å². The van der Waals surface area contributed by atoms with E-state index < -0.39 is 0 Å². The summed E-state index contributed by atoms with van der Waals surface area (Å²) < 4.78 is 5.67. The highest BCUT2D eigenvalue weighted by Crippen LogP contribution is 2.18. The molecule has 0 aromatic rings. The van der Waals surface area contributed by atoms with Crippen molar-refractivity contribution in [3.8, 4) is 0 Å². The van der Waals surface area contributed by atoms with E-state index in [0.29, 0.717) is 6.04 Å². The minimum Gasteiger partial charge on any atom is -0.390 e. The Hall–Kier alpha value is -0.160. The molecule has 1 aliphatic carbocycles. The molecule has 0 aromatic carbocycles. The van der Waals surface area contributed by atoms with E-state index in [1.54, 1.807) is 0 Å². The van der Waals surface area contributed by atoms with Crippen LogP contribution in [-0.4, -0.2) is 60.5 Å². The van der Waals surface area contributed by atoms with E-state index in [9.17, 15) is 5.11 Å². The molecule has 0 amide bonds. The molecule has 2 fully saturated rings. The van der Waals surface area contributed by atoms with E-state index >= 15 is 0 Å². The normalized spacial score (nSPS) is 33.9. The number of β-amino-alcohol motifs (C(OH)–C–C–N with tert-alkyl or cyclic N) is 1. The van der Waals surface area contributed by atoms with Crippen molar-refractivity contribution in [2.45, 2.75) is 51.0 Å². The molecule has 2 aliphatic rings. The number of hydrogen-bond donors (Lipinski definition) is 2. The number of hydrogen-bond acceptors (Lipinski definition) is 4. The largest absolute Gasteiger partial charge is 0.390 e. The summed E-state index contributed by atoms with van der Waals surface area (Å²) in [6.45, 7) is 7.55. The zero-order valence-corrected chi connectivity index (χ0v) is 10.4. The lowest BCUT2D eigenvalue weighted by Crippen LogP contribution is -2.49. The minimum atomic E-state index is -0.252. The van der Waals surface area contributed by atoms with Gasteiger partial charge in [0.25, 0.3) is 0 Å². The van der Waals surface area contributed by atoms with Crippen LogP contribution in [0, 0.1) is 0 Å². The van der Waals surface area contributed by atoms with Crippen molar-refractivity contribution in [3.05, 3.63) is 0 Å². The second-order valence-corrected chi connectivity index (χ2v) is 5.31. The molecule has 1 heterocycles. The molecule has 1 saturated carbocycles. The third-order valence-electron chi connectivity index (χ3n) is 3.18. The standard InChI is InChI=1S/C12H24N2O2/c1-9-6-14(7-10(2)16-9)8-12(15)5-13-11-3-4-11/h9-13,15H,3-8H2,1-2H3/t9-,10-,12+/m0/s1. The van der Waals surface area contributed by atoms with E-state index in [-0.39, 0.29) is 18.3 Å². The van der Waals surface area contributed by atoms with E-state index in [1.807, 2.05) is 0 Å². The number of ether oxygens (including phenoxy) is 1. The first-order valence-corrected chi connectivity index (χ1v) is 6.42. The molecule has 3 atom stereocenters. The number of aliphatic hydroxyl groups excluding tert-OH is 1. The zero-order valence-electron chi connectivity index (χ0n) is 10.4. The van der Waals surface area contributed by atoms with Crippen LogP contribution in [0.1, 0.15) is 26.7 Å². The molecule has 4 heteroatoms. The quantitative estimate of drug-likeness (QED) is 0.706. The lowest BCUT2D eigenvalue weighted by atomic mass is 10.2. The molecule has 94 valence electrons. The van der Waals surface area contributed by atoms with Gasteiger partial charge in [-0.05, 0) is 26.7 Å². The summed E-state index contributed by atoms with van der Waals surface area (Å²) in [7, 11) is 0. The van der Waals surface area contributed by atoms with Gasteiger partial charge in [-0.2, -0.15) is 0 Å². The zero-order chi connectivity index (χ0) is 11.5. The van der Waals surface area contributed by atoms with Crippen molar-refractivity contribution in [3.63, 3.8) is 0 Å². The Morgan fingerprint density at radius 3 is 2.50 bits per heavy atom. The minimum absolute atomic E-state index is 0.252. The van der Waals surface area contributed by atoms with Crippen molar-refractivity contribution < 1.29 is 9.84 Å². The third kappa shape index (κ3) is 4.01. The highest BCUT2D eigenvalue weighted by molar-refractivity contribution is 4.83. The number of aliphatic hydroxyl groups is 1. The van der Waals surface area contributed by atoms with Crippen LogP contribution in [0.15, 0.2) is 0 Å². The summed E-state index contributed by atoms with van der Waals surface area (Å²) in [5.74, 6) is 0. The van der Waals surface area contributed by atoms with E-state index in [0.717, 1.165) is 26.2 Å². The second-order valence-electron chi connectivity index (χ2n) is 5.31. The summed E-state index contributed by atoms with van der Waals surface area (Å²) in [4.78, 5) is 2.30. The molecule has 0 bridgehead atoms. The van der Waals surface area contributed by atoms with Crippen LogP contribution < -0.4 is 5.32 Å². The Morgan fingerprint density at radius 2 is 1.94 bits per heavy atom.